The normalized spacial score (nSPS) is 11.8. The molecule has 0 aliphatic heterocycles. The largest absolute Gasteiger partial charge is 0.341 e. The molecule has 0 saturated carbocycles. The molecular weight excluding hydrogens is 394 g/mol. The van der Waals surface area contributed by atoms with E-state index in [-0.39, 0.29) is 12.5 Å². The van der Waals surface area contributed by atoms with Crippen LogP contribution in [0.25, 0.3) is 23.2 Å². The maximum absolute atomic E-state index is 13.2. The zero-order chi connectivity index (χ0) is 21.7. The highest BCUT2D eigenvalue weighted by molar-refractivity contribution is 6.30. The summed E-state index contributed by atoms with van der Waals surface area (Å²) in [7, 11) is 0. The summed E-state index contributed by atoms with van der Waals surface area (Å²) in [4.78, 5) is 20.0. The first kappa shape index (κ1) is 22.1. The molecule has 0 fully saturated rings. The summed E-state index contributed by atoms with van der Waals surface area (Å²) in [6, 6.07) is 15.6. The van der Waals surface area contributed by atoms with E-state index in [1.165, 1.54) is 0 Å². The number of amides is 1. The third-order valence-corrected chi connectivity index (χ3v) is 5.05. The Balaban J connectivity index is 1.92. The van der Waals surface area contributed by atoms with Gasteiger partial charge in [0.05, 0.1) is 11.0 Å². The Hall–Kier alpha value is -2.59. The summed E-state index contributed by atoms with van der Waals surface area (Å²) >= 11 is 5.98. The van der Waals surface area contributed by atoms with Gasteiger partial charge in [0.1, 0.15) is 12.4 Å². The second-order valence-corrected chi connectivity index (χ2v) is 8.95. The molecule has 0 aliphatic rings. The SMILES string of the molecule is CC(C)CN(CC(C)C)C(=O)Cn1c(/C=C/c2ccc(Cl)cc2)nc2ccccc21. The van der Waals surface area contributed by atoms with E-state index in [1.54, 1.807) is 0 Å². The van der Waals surface area contributed by atoms with Crippen LogP contribution >= 0.6 is 11.6 Å². The van der Waals surface area contributed by atoms with E-state index >= 15 is 0 Å². The lowest BCUT2D eigenvalue weighted by Gasteiger charge is -2.27. The van der Waals surface area contributed by atoms with Crippen LogP contribution in [-0.2, 0) is 11.3 Å². The number of halogens is 1. The molecule has 3 aromatic rings. The van der Waals surface area contributed by atoms with Crippen LogP contribution in [-0.4, -0.2) is 33.4 Å². The summed E-state index contributed by atoms with van der Waals surface area (Å²) in [6.45, 7) is 10.4. The number of aromatic nitrogens is 2. The number of fused-ring (bicyclic) bond motifs is 1. The van der Waals surface area contributed by atoms with Gasteiger partial charge in [0.15, 0.2) is 0 Å². The smallest absolute Gasteiger partial charge is 0.242 e. The van der Waals surface area contributed by atoms with Crippen LogP contribution in [0.5, 0.6) is 0 Å². The monoisotopic (exact) mass is 423 g/mol. The van der Waals surface area contributed by atoms with E-state index in [0.29, 0.717) is 16.9 Å². The number of carbonyl (C=O) groups excluding carboxylic acids is 1. The molecule has 0 spiro atoms. The average Bonchev–Trinajstić information content (AvgIpc) is 3.04. The molecule has 1 amide bonds. The number of para-hydroxylation sites is 2. The first-order valence-electron chi connectivity index (χ1n) is 10.5. The van der Waals surface area contributed by atoms with Gasteiger partial charge in [-0.25, -0.2) is 4.98 Å². The molecule has 0 bridgehead atoms. The quantitative estimate of drug-likeness (QED) is 0.445. The van der Waals surface area contributed by atoms with Gasteiger partial charge in [0.25, 0.3) is 0 Å². The summed E-state index contributed by atoms with van der Waals surface area (Å²) in [5, 5.41) is 0.709. The first-order valence-corrected chi connectivity index (χ1v) is 10.9. The Labute approximate surface area is 184 Å². The van der Waals surface area contributed by atoms with Gasteiger partial charge < -0.3 is 9.47 Å². The summed E-state index contributed by atoms with van der Waals surface area (Å²) < 4.78 is 2.01. The van der Waals surface area contributed by atoms with Crippen LogP contribution in [0, 0.1) is 11.8 Å². The highest BCUT2D eigenvalue weighted by Gasteiger charge is 2.19. The van der Waals surface area contributed by atoms with Gasteiger partial charge in [-0.3, -0.25) is 4.79 Å². The zero-order valence-electron chi connectivity index (χ0n) is 18.2. The Morgan fingerprint density at radius 1 is 1.00 bits per heavy atom. The predicted octanol–water partition coefficient (Wildman–Crippen LogP) is 6.00. The van der Waals surface area contributed by atoms with Crippen molar-refractivity contribution in [2.45, 2.75) is 34.2 Å². The fourth-order valence-electron chi connectivity index (χ4n) is 3.53. The van der Waals surface area contributed by atoms with Crippen molar-refractivity contribution in [1.29, 1.82) is 0 Å². The van der Waals surface area contributed by atoms with E-state index < -0.39 is 0 Å². The molecule has 5 heteroatoms. The van der Waals surface area contributed by atoms with Gasteiger partial charge in [-0.1, -0.05) is 69.6 Å². The second kappa shape index (κ2) is 9.94. The van der Waals surface area contributed by atoms with Gasteiger partial charge in [-0.2, -0.15) is 0 Å². The molecule has 4 nitrogen and oxygen atoms in total. The maximum atomic E-state index is 13.2. The van der Waals surface area contributed by atoms with Crippen LogP contribution in [0.2, 0.25) is 5.02 Å². The fourth-order valence-corrected chi connectivity index (χ4v) is 3.65. The average molecular weight is 424 g/mol. The zero-order valence-corrected chi connectivity index (χ0v) is 18.9. The minimum atomic E-state index is 0.127. The van der Waals surface area contributed by atoms with Crippen molar-refractivity contribution in [3.63, 3.8) is 0 Å². The van der Waals surface area contributed by atoms with E-state index in [4.69, 9.17) is 16.6 Å². The predicted molar refractivity (Wildman–Crippen MR) is 126 cm³/mol. The Morgan fingerprint density at radius 2 is 1.63 bits per heavy atom. The van der Waals surface area contributed by atoms with E-state index in [0.717, 1.165) is 35.5 Å². The van der Waals surface area contributed by atoms with Crippen molar-refractivity contribution in [3.8, 4) is 0 Å². The topological polar surface area (TPSA) is 38.1 Å². The number of benzene rings is 2. The van der Waals surface area contributed by atoms with Crippen LogP contribution in [0.1, 0.15) is 39.1 Å². The molecule has 0 radical (unpaired) electrons. The highest BCUT2D eigenvalue weighted by atomic mass is 35.5. The lowest BCUT2D eigenvalue weighted by molar-refractivity contribution is -0.132. The Kier molecular flexibility index (Phi) is 7.33. The van der Waals surface area contributed by atoms with E-state index in [1.807, 2.05) is 70.1 Å². The number of nitrogens with zero attached hydrogens (tertiary/aromatic N) is 3. The molecule has 1 heterocycles. The van der Waals surface area contributed by atoms with Gasteiger partial charge in [0.2, 0.25) is 5.91 Å². The van der Waals surface area contributed by atoms with Crippen molar-refractivity contribution in [3.05, 3.63) is 64.9 Å². The molecule has 158 valence electrons. The Bertz CT molecular complexity index is 1010. The lowest BCUT2D eigenvalue weighted by atomic mass is 10.1. The van der Waals surface area contributed by atoms with Gasteiger partial charge >= 0.3 is 0 Å². The molecular formula is C25H30ClN3O. The molecule has 0 N–H and O–H groups in total. The third-order valence-electron chi connectivity index (χ3n) is 4.80. The fraction of sp³-hybridized carbons (Fsp3) is 0.360. The standard InChI is InChI=1S/C25H30ClN3O/c1-18(2)15-28(16-19(3)4)25(30)17-29-23-8-6-5-7-22(23)27-24(29)14-11-20-9-12-21(26)13-10-20/h5-14,18-19H,15-17H2,1-4H3/b14-11+. The molecule has 0 aliphatic carbocycles. The number of rotatable bonds is 8. The number of hydrogen-bond acceptors (Lipinski definition) is 2. The summed E-state index contributed by atoms with van der Waals surface area (Å²) in [5.41, 5.74) is 2.89. The maximum Gasteiger partial charge on any atom is 0.242 e. The van der Waals surface area contributed by atoms with Gasteiger partial charge in [-0.05, 0) is 47.7 Å². The van der Waals surface area contributed by atoms with Crippen molar-refractivity contribution < 1.29 is 4.79 Å². The van der Waals surface area contributed by atoms with E-state index in [9.17, 15) is 4.79 Å². The van der Waals surface area contributed by atoms with Crippen molar-refractivity contribution >= 4 is 40.7 Å². The second-order valence-electron chi connectivity index (χ2n) is 8.52. The highest BCUT2D eigenvalue weighted by Crippen LogP contribution is 2.19. The van der Waals surface area contributed by atoms with E-state index in [2.05, 4.69) is 27.7 Å². The molecule has 0 saturated heterocycles. The van der Waals surface area contributed by atoms with Crippen LogP contribution in [0.15, 0.2) is 48.5 Å². The van der Waals surface area contributed by atoms with Gasteiger partial charge in [0, 0.05) is 18.1 Å². The molecule has 2 aromatic carbocycles. The molecule has 1 aromatic heterocycles. The molecule has 3 rings (SSSR count). The number of carbonyl (C=O) groups is 1. The number of imidazole rings is 1. The first-order chi connectivity index (χ1) is 14.3. The van der Waals surface area contributed by atoms with Crippen LogP contribution < -0.4 is 0 Å². The molecule has 0 unspecified atom stereocenters. The summed E-state index contributed by atoms with van der Waals surface area (Å²) in [5.74, 6) is 1.75. The minimum Gasteiger partial charge on any atom is -0.341 e. The van der Waals surface area contributed by atoms with Crippen LogP contribution in [0.4, 0.5) is 0 Å². The number of hydrogen-bond donors (Lipinski definition) is 0. The van der Waals surface area contributed by atoms with Crippen molar-refractivity contribution in [2.75, 3.05) is 13.1 Å². The molecule has 0 atom stereocenters. The lowest BCUT2D eigenvalue weighted by Crippen LogP contribution is -2.39. The van der Waals surface area contributed by atoms with Crippen molar-refractivity contribution in [1.82, 2.24) is 14.5 Å². The molecule has 30 heavy (non-hydrogen) atoms. The van der Waals surface area contributed by atoms with Crippen molar-refractivity contribution in [2.24, 2.45) is 11.8 Å². The summed E-state index contributed by atoms with van der Waals surface area (Å²) in [6.07, 6.45) is 3.96. The third kappa shape index (κ3) is 5.73. The minimum absolute atomic E-state index is 0.127. The Morgan fingerprint density at radius 3 is 2.27 bits per heavy atom. The van der Waals surface area contributed by atoms with Gasteiger partial charge in [-0.15, -0.1) is 0 Å². The van der Waals surface area contributed by atoms with Crippen LogP contribution in [0.3, 0.4) is 0 Å².